The summed E-state index contributed by atoms with van der Waals surface area (Å²) in [4.78, 5) is 72.5. The van der Waals surface area contributed by atoms with E-state index < -0.39 is 80.2 Å². The number of carbonyl (C=O) groups is 5. The Morgan fingerprint density at radius 1 is 1.06 bits per heavy atom. The van der Waals surface area contributed by atoms with Crippen molar-refractivity contribution in [3.05, 3.63) is 53.6 Å². The van der Waals surface area contributed by atoms with Crippen LogP contribution in [-0.2, 0) is 47.0 Å². The minimum atomic E-state index is -3.91. The molecule has 54 heavy (non-hydrogen) atoms. The number of nitrogens with zero attached hydrogens (tertiary/aromatic N) is 2. The van der Waals surface area contributed by atoms with Gasteiger partial charge in [0.25, 0.3) is 5.91 Å². The van der Waals surface area contributed by atoms with Crippen molar-refractivity contribution in [3.63, 3.8) is 0 Å². The lowest BCUT2D eigenvalue weighted by atomic mass is 9.83. The van der Waals surface area contributed by atoms with Crippen LogP contribution in [0.15, 0.2) is 36.9 Å². The maximum atomic E-state index is 14.7. The molecule has 292 valence electrons. The van der Waals surface area contributed by atoms with Crippen LogP contribution in [0.25, 0.3) is 6.08 Å². The number of hydrogen-bond donors (Lipinski definition) is 3. The predicted molar refractivity (Wildman–Crippen MR) is 198 cm³/mol. The molecule has 5 atom stereocenters. The van der Waals surface area contributed by atoms with Crippen molar-refractivity contribution in [2.75, 3.05) is 13.2 Å². The largest absolute Gasteiger partial charge is 0.449 e. The van der Waals surface area contributed by atoms with Crippen LogP contribution in [0.4, 0.5) is 9.59 Å². The van der Waals surface area contributed by atoms with Gasteiger partial charge >= 0.3 is 12.2 Å². The number of carbonyl (C=O) groups excluding carboxylic acids is 5. The molecule has 7 rings (SSSR count). The zero-order chi connectivity index (χ0) is 38.4. The van der Waals surface area contributed by atoms with Gasteiger partial charge in [-0.05, 0) is 61.1 Å². The maximum Gasteiger partial charge on any atom is 0.410 e. The first-order valence-electron chi connectivity index (χ1n) is 19.2. The van der Waals surface area contributed by atoms with Crippen molar-refractivity contribution in [3.8, 4) is 0 Å². The maximum absolute atomic E-state index is 14.7. The summed E-state index contributed by atoms with van der Waals surface area (Å²) in [6, 6.07) is 3.70. The van der Waals surface area contributed by atoms with Gasteiger partial charge in [-0.25, -0.2) is 18.0 Å². The molecule has 3 saturated carbocycles. The van der Waals surface area contributed by atoms with Crippen LogP contribution in [0.3, 0.4) is 0 Å². The van der Waals surface area contributed by atoms with Crippen LogP contribution in [0.5, 0.6) is 0 Å². The second-order valence-electron chi connectivity index (χ2n) is 16.6. The highest BCUT2D eigenvalue weighted by Gasteiger charge is 2.62. The highest BCUT2D eigenvalue weighted by atomic mass is 32.2. The van der Waals surface area contributed by atoms with E-state index in [2.05, 4.69) is 21.9 Å². The van der Waals surface area contributed by atoms with E-state index in [0.717, 1.165) is 36.0 Å². The SMILES string of the molecule is C=C[C@H]1C[C@]1(NC(=O)[C@@H]1C[C@@H]2CN1C(=O)[C@H](C1CCCCC1)NC(=O)OCC(C)(C)C/C=C/c1cccc3c1CN(C3)C(=O)O2)C(=O)NS(=O)(=O)C1CC1. The number of sulfonamides is 1. The Hall–Kier alpha value is -4.40. The molecular weight excluding hydrogens is 715 g/mol. The third kappa shape index (κ3) is 7.87. The summed E-state index contributed by atoms with van der Waals surface area (Å²) < 4.78 is 39.3. The number of benzene rings is 1. The summed E-state index contributed by atoms with van der Waals surface area (Å²) in [6.45, 7) is 8.40. The molecule has 4 bridgehead atoms. The Morgan fingerprint density at radius 3 is 2.52 bits per heavy atom. The number of cyclic esters (lactones) is 1. The van der Waals surface area contributed by atoms with Crippen LogP contribution in [-0.4, -0.2) is 90.3 Å². The average molecular weight is 766 g/mol. The van der Waals surface area contributed by atoms with E-state index in [-0.39, 0.29) is 31.9 Å². The van der Waals surface area contributed by atoms with Gasteiger partial charge < -0.3 is 25.0 Å². The van der Waals surface area contributed by atoms with Gasteiger partial charge in [0.2, 0.25) is 21.8 Å². The molecule has 15 heteroatoms. The van der Waals surface area contributed by atoms with Gasteiger partial charge in [-0.15, -0.1) is 6.58 Å². The normalized spacial score (nSPS) is 30.8. The Morgan fingerprint density at radius 2 is 1.81 bits per heavy atom. The summed E-state index contributed by atoms with van der Waals surface area (Å²) in [5, 5.41) is 4.98. The molecule has 1 aromatic carbocycles. The van der Waals surface area contributed by atoms with Crippen molar-refractivity contribution in [2.45, 2.75) is 120 Å². The van der Waals surface area contributed by atoms with Gasteiger partial charge in [-0.1, -0.05) is 69.5 Å². The van der Waals surface area contributed by atoms with Gasteiger partial charge in [-0.2, -0.15) is 0 Å². The molecule has 1 aromatic rings. The Labute approximate surface area is 316 Å². The quantitative estimate of drug-likeness (QED) is 0.347. The van der Waals surface area contributed by atoms with Gasteiger partial charge in [0.15, 0.2) is 0 Å². The predicted octanol–water partition coefficient (Wildman–Crippen LogP) is 3.90. The fourth-order valence-electron chi connectivity index (χ4n) is 8.37. The standard InChI is InChI=1S/C39H51N5O9S/c1-4-27-19-39(27,35(47)42-54(50,51)29-15-16-29)41-33(45)31-18-28-21-44(31)34(46)32(25-10-6-5-7-11-25)40-36(48)52-23-38(2,3)17-9-14-24-12-8-13-26-20-43(22-30(24)26)37(49)53-28/h4,8-9,12-14,25,27-29,31-32H,1,5-7,10-11,15-23H2,2-3H3,(H,40,48)(H,41,45)(H,42,47)/b14-9+/t27-,28+,31-,32-,39+/m0/s1. The molecule has 0 aromatic heterocycles. The Kier molecular flexibility index (Phi) is 10.3. The molecule has 6 aliphatic rings. The fraction of sp³-hybridized carbons (Fsp3) is 0.615. The summed E-state index contributed by atoms with van der Waals surface area (Å²) >= 11 is 0. The molecule has 0 radical (unpaired) electrons. The molecule has 3 aliphatic carbocycles. The van der Waals surface area contributed by atoms with Crippen LogP contribution in [0, 0.1) is 17.3 Å². The summed E-state index contributed by atoms with van der Waals surface area (Å²) in [5.41, 5.74) is 0.974. The van der Waals surface area contributed by atoms with Gasteiger partial charge in [-0.3, -0.25) is 24.0 Å². The monoisotopic (exact) mass is 765 g/mol. The van der Waals surface area contributed by atoms with Crippen molar-refractivity contribution in [1.82, 2.24) is 25.2 Å². The second kappa shape index (κ2) is 14.7. The number of alkyl carbamates (subject to hydrolysis) is 1. The van der Waals surface area contributed by atoms with Gasteiger partial charge in [0.05, 0.1) is 24.9 Å². The van der Waals surface area contributed by atoms with E-state index in [1.165, 1.54) is 11.0 Å². The number of hydrogen-bond acceptors (Lipinski definition) is 9. The number of nitrogens with one attached hydrogen (secondary N) is 3. The van der Waals surface area contributed by atoms with Crippen molar-refractivity contribution in [2.24, 2.45) is 17.3 Å². The van der Waals surface area contributed by atoms with Gasteiger partial charge in [0, 0.05) is 24.3 Å². The highest BCUT2D eigenvalue weighted by Crippen LogP contribution is 2.45. The molecular formula is C39H51N5O9S. The molecule has 1 saturated heterocycles. The zero-order valence-corrected chi connectivity index (χ0v) is 31.8. The van der Waals surface area contributed by atoms with E-state index in [9.17, 15) is 32.4 Å². The first-order chi connectivity index (χ1) is 25.7. The molecule has 4 fully saturated rings. The molecule has 0 spiro atoms. The molecule has 0 unspecified atom stereocenters. The van der Waals surface area contributed by atoms with Crippen molar-refractivity contribution in [1.29, 1.82) is 0 Å². The number of allylic oxidation sites excluding steroid dienone is 1. The topological polar surface area (TPSA) is 181 Å². The lowest BCUT2D eigenvalue weighted by Gasteiger charge is -2.35. The first kappa shape index (κ1) is 37.9. The number of amides is 5. The lowest BCUT2D eigenvalue weighted by Crippen LogP contribution is -2.59. The third-order valence-electron chi connectivity index (χ3n) is 11.9. The van der Waals surface area contributed by atoms with Crippen LogP contribution in [0.2, 0.25) is 0 Å². The fourth-order valence-corrected chi connectivity index (χ4v) is 9.73. The minimum Gasteiger partial charge on any atom is -0.449 e. The second-order valence-corrected chi connectivity index (χ2v) is 18.6. The number of fused-ring (bicyclic) bond motifs is 3. The number of ether oxygens (including phenoxy) is 2. The highest BCUT2D eigenvalue weighted by molar-refractivity contribution is 7.91. The van der Waals surface area contributed by atoms with E-state index in [0.29, 0.717) is 45.2 Å². The lowest BCUT2D eigenvalue weighted by molar-refractivity contribution is -0.142. The van der Waals surface area contributed by atoms with E-state index in [1.807, 2.05) is 44.2 Å². The smallest absolute Gasteiger partial charge is 0.410 e. The van der Waals surface area contributed by atoms with Crippen molar-refractivity contribution < 1.29 is 41.9 Å². The molecule has 5 amide bonds. The summed E-state index contributed by atoms with van der Waals surface area (Å²) in [6.07, 6.45) is 9.05. The molecule has 3 N–H and O–H groups in total. The summed E-state index contributed by atoms with van der Waals surface area (Å²) in [7, 11) is -3.91. The Balaban J connectivity index is 1.18. The molecule has 3 heterocycles. The average Bonchev–Trinajstić information content (AvgIpc) is 4.03. The number of rotatable bonds is 7. The van der Waals surface area contributed by atoms with E-state index in [1.54, 1.807) is 4.90 Å². The zero-order valence-electron chi connectivity index (χ0n) is 31.0. The third-order valence-corrected chi connectivity index (χ3v) is 13.7. The summed E-state index contributed by atoms with van der Waals surface area (Å²) in [5.74, 6) is -2.81. The van der Waals surface area contributed by atoms with Crippen LogP contribution in [0.1, 0.15) is 94.7 Å². The van der Waals surface area contributed by atoms with Crippen molar-refractivity contribution >= 4 is 46.0 Å². The first-order valence-corrected chi connectivity index (χ1v) is 20.7. The minimum absolute atomic E-state index is 0.0645. The van der Waals surface area contributed by atoms with Crippen LogP contribution >= 0.6 is 0 Å². The van der Waals surface area contributed by atoms with Gasteiger partial charge in [0.1, 0.15) is 23.7 Å². The molecule has 3 aliphatic heterocycles. The van der Waals surface area contributed by atoms with E-state index >= 15 is 0 Å². The van der Waals surface area contributed by atoms with E-state index in [4.69, 9.17) is 9.47 Å². The Bertz CT molecular complexity index is 1850. The van der Waals surface area contributed by atoms with Crippen LogP contribution < -0.4 is 15.4 Å². The molecule has 14 nitrogen and oxygen atoms in total.